The molecule has 3 nitrogen and oxygen atoms in total. The maximum Gasteiger partial charge on any atom is 0.307 e. The van der Waals surface area contributed by atoms with Crippen molar-refractivity contribution in [3.05, 3.63) is 42.0 Å². The number of benzene rings is 2. The van der Waals surface area contributed by atoms with Crippen molar-refractivity contribution in [2.24, 2.45) is 0 Å². The highest BCUT2D eigenvalue weighted by Crippen LogP contribution is 2.25. The van der Waals surface area contributed by atoms with Crippen LogP contribution >= 0.6 is 0 Å². The van der Waals surface area contributed by atoms with Crippen molar-refractivity contribution in [3.63, 3.8) is 0 Å². The molecule has 0 saturated carbocycles. The van der Waals surface area contributed by atoms with Gasteiger partial charge in [0, 0.05) is 0 Å². The van der Waals surface area contributed by atoms with Crippen LogP contribution in [-0.2, 0) is 11.2 Å². The molecular weight excluding hydrogens is 204 g/mol. The van der Waals surface area contributed by atoms with Gasteiger partial charge in [0.2, 0.25) is 0 Å². The number of hydrogen-bond donors (Lipinski definition) is 1. The van der Waals surface area contributed by atoms with Crippen LogP contribution in [0, 0.1) is 0 Å². The van der Waals surface area contributed by atoms with Gasteiger partial charge < -0.3 is 9.84 Å². The van der Waals surface area contributed by atoms with E-state index in [2.05, 4.69) is 0 Å². The first-order valence-electron chi connectivity index (χ1n) is 4.98. The summed E-state index contributed by atoms with van der Waals surface area (Å²) in [5, 5.41) is 10.8. The first kappa shape index (κ1) is 10.5. The van der Waals surface area contributed by atoms with Crippen molar-refractivity contribution >= 4 is 16.7 Å². The Morgan fingerprint density at radius 1 is 1.31 bits per heavy atom. The van der Waals surface area contributed by atoms with Crippen LogP contribution in [0.2, 0.25) is 0 Å². The molecule has 0 radical (unpaired) electrons. The molecule has 0 aliphatic rings. The molecule has 0 amide bonds. The van der Waals surface area contributed by atoms with Crippen LogP contribution in [-0.4, -0.2) is 18.2 Å². The third-order valence-corrected chi connectivity index (χ3v) is 2.50. The highest BCUT2D eigenvalue weighted by Gasteiger charge is 2.07. The average molecular weight is 216 g/mol. The van der Waals surface area contributed by atoms with Gasteiger partial charge in [0.1, 0.15) is 5.75 Å². The van der Waals surface area contributed by atoms with Crippen LogP contribution in [0.25, 0.3) is 10.8 Å². The highest BCUT2D eigenvalue weighted by atomic mass is 16.5. The average Bonchev–Trinajstić information content (AvgIpc) is 2.28. The third kappa shape index (κ3) is 1.98. The van der Waals surface area contributed by atoms with Crippen LogP contribution in [0.3, 0.4) is 0 Å². The summed E-state index contributed by atoms with van der Waals surface area (Å²) in [7, 11) is 1.58. The van der Waals surface area contributed by atoms with Gasteiger partial charge in [-0.1, -0.05) is 24.3 Å². The molecular formula is C13H12O3. The van der Waals surface area contributed by atoms with Gasteiger partial charge in [-0.2, -0.15) is 0 Å². The maximum atomic E-state index is 10.8. The summed E-state index contributed by atoms with van der Waals surface area (Å²) < 4.78 is 5.15. The summed E-state index contributed by atoms with van der Waals surface area (Å²) in [4.78, 5) is 10.8. The number of ether oxygens (including phenoxy) is 1. The van der Waals surface area contributed by atoms with E-state index in [-0.39, 0.29) is 6.42 Å². The van der Waals surface area contributed by atoms with E-state index in [0.717, 1.165) is 16.3 Å². The number of rotatable bonds is 3. The summed E-state index contributed by atoms with van der Waals surface area (Å²) in [6.45, 7) is 0. The second-order valence-corrected chi connectivity index (χ2v) is 3.58. The van der Waals surface area contributed by atoms with Crippen LogP contribution < -0.4 is 4.74 Å². The first-order valence-corrected chi connectivity index (χ1v) is 4.98. The molecule has 0 aliphatic carbocycles. The van der Waals surface area contributed by atoms with Crippen molar-refractivity contribution < 1.29 is 14.6 Å². The van der Waals surface area contributed by atoms with Crippen molar-refractivity contribution in [2.75, 3.05) is 7.11 Å². The fourth-order valence-electron chi connectivity index (χ4n) is 1.79. The van der Waals surface area contributed by atoms with Gasteiger partial charge >= 0.3 is 5.97 Å². The topological polar surface area (TPSA) is 46.5 Å². The van der Waals surface area contributed by atoms with Crippen LogP contribution in [0.15, 0.2) is 36.4 Å². The van der Waals surface area contributed by atoms with Gasteiger partial charge in [0.15, 0.2) is 0 Å². The highest BCUT2D eigenvalue weighted by molar-refractivity contribution is 5.90. The normalized spacial score (nSPS) is 10.3. The Kier molecular flexibility index (Phi) is 2.77. The van der Waals surface area contributed by atoms with Crippen LogP contribution in [0.4, 0.5) is 0 Å². The molecule has 2 aromatic rings. The van der Waals surface area contributed by atoms with E-state index >= 15 is 0 Å². The van der Waals surface area contributed by atoms with Gasteiger partial charge in [-0.05, 0) is 28.5 Å². The van der Waals surface area contributed by atoms with Gasteiger partial charge in [-0.3, -0.25) is 4.79 Å². The molecule has 16 heavy (non-hydrogen) atoms. The first-order chi connectivity index (χ1) is 7.70. The van der Waals surface area contributed by atoms with Crippen molar-refractivity contribution in [1.29, 1.82) is 0 Å². The minimum absolute atomic E-state index is 0.0116. The zero-order valence-electron chi connectivity index (χ0n) is 8.93. The Labute approximate surface area is 93.3 Å². The summed E-state index contributed by atoms with van der Waals surface area (Å²) in [6.07, 6.45) is 0.0116. The van der Waals surface area contributed by atoms with Gasteiger partial charge in [0.25, 0.3) is 0 Å². The van der Waals surface area contributed by atoms with Gasteiger partial charge in [-0.15, -0.1) is 0 Å². The molecule has 2 rings (SSSR count). The van der Waals surface area contributed by atoms with Crippen LogP contribution in [0.1, 0.15) is 5.56 Å². The SMILES string of the molecule is COc1cc(CC(=O)O)c2ccccc2c1. The number of aliphatic carboxylic acids is 1. The van der Waals surface area contributed by atoms with Gasteiger partial charge in [-0.25, -0.2) is 0 Å². The zero-order valence-corrected chi connectivity index (χ0v) is 8.93. The number of fused-ring (bicyclic) bond motifs is 1. The Hall–Kier alpha value is -2.03. The standard InChI is InChI=1S/C13H12O3/c1-16-11-6-9-4-2-3-5-12(9)10(7-11)8-13(14)15/h2-7H,8H2,1H3,(H,14,15). The molecule has 0 spiro atoms. The van der Waals surface area contributed by atoms with Crippen molar-refractivity contribution in [1.82, 2.24) is 0 Å². The molecule has 0 unspecified atom stereocenters. The molecule has 0 bridgehead atoms. The van der Waals surface area contributed by atoms with E-state index in [1.54, 1.807) is 13.2 Å². The molecule has 2 aromatic carbocycles. The summed E-state index contributed by atoms with van der Waals surface area (Å²) in [5.41, 5.74) is 0.780. The maximum absolute atomic E-state index is 10.8. The molecule has 0 aromatic heterocycles. The monoisotopic (exact) mass is 216 g/mol. The van der Waals surface area contributed by atoms with E-state index in [4.69, 9.17) is 9.84 Å². The molecule has 0 aliphatic heterocycles. The lowest BCUT2D eigenvalue weighted by atomic mass is 10.0. The summed E-state index contributed by atoms with van der Waals surface area (Å²) in [6, 6.07) is 11.4. The molecule has 82 valence electrons. The largest absolute Gasteiger partial charge is 0.497 e. The van der Waals surface area contributed by atoms with Crippen molar-refractivity contribution in [3.8, 4) is 5.75 Å². The Balaban J connectivity index is 2.63. The Morgan fingerprint density at radius 2 is 2.06 bits per heavy atom. The molecule has 0 saturated heterocycles. The predicted molar refractivity (Wildman–Crippen MR) is 61.8 cm³/mol. The van der Waals surface area contributed by atoms with E-state index < -0.39 is 5.97 Å². The lowest BCUT2D eigenvalue weighted by Gasteiger charge is -2.07. The number of carboxylic acid groups (broad SMARTS) is 1. The lowest BCUT2D eigenvalue weighted by Crippen LogP contribution is -2.01. The zero-order chi connectivity index (χ0) is 11.5. The lowest BCUT2D eigenvalue weighted by molar-refractivity contribution is -0.136. The minimum Gasteiger partial charge on any atom is -0.497 e. The molecule has 0 atom stereocenters. The number of carbonyl (C=O) groups is 1. The quantitative estimate of drug-likeness (QED) is 0.857. The fourth-order valence-corrected chi connectivity index (χ4v) is 1.79. The minimum atomic E-state index is -0.835. The summed E-state index contributed by atoms with van der Waals surface area (Å²) >= 11 is 0. The fraction of sp³-hybridized carbons (Fsp3) is 0.154. The Morgan fingerprint density at radius 3 is 2.75 bits per heavy atom. The molecule has 3 heteroatoms. The second kappa shape index (κ2) is 4.23. The predicted octanol–water partition coefficient (Wildman–Crippen LogP) is 2.48. The van der Waals surface area contributed by atoms with Crippen molar-refractivity contribution in [2.45, 2.75) is 6.42 Å². The molecule has 0 fully saturated rings. The number of hydrogen-bond acceptors (Lipinski definition) is 2. The van der Waals surface area contributed by atoms with E-state index in [9.17, 15) is 4.79 Å². The van der Waals surface area contributed by atoms with Crippen LogP contribution in [0.5, 0.6) is 5.75 Å². The van der Waals surface area contributed by atoms with E-state index in [1.807, 2.05) is 30.3 Å². The van der Waals surface area contributed by atoms with E-state index in [1.165, 1.54) is 0 Å². The number of carboxylic acids is 1. The van der Waals surface area contributed by atoms with Gasteiger partial charge in [0.05, 0.1) is 13.5 Å². The van der Waals surface area contributed by atoms with E-state index in [0.29, 0.717) is 5.75 Å². The third-order valence-electron chi connectivity index (χ3n) is 2.50. The molecule has 1 N–H and O–H groups in total. The Bertz CT molecular complexity index is 532. The number of methoxy groups -OCH3 is 1. The second-order valence-electron chi connectivity index (χ2n) is 3.58. The summed E-state index contributed by atoms with van der Waals surface area (Å²) in [5.74, 6) is -0.145. The smallest absolute Gasteiger partial charge is 0.307 e. The molecule has 0 heterocycles.